The number of nitrogens with one attached hydrogen (secondary N) is 2. The first-order chi connectivity index (χ1) is 62.9. The molecule has 130 heavy (non-hydrogen) atoms. The second-order valence-electron chi connectivity index (χ2n) is 41.4. The van der Waals surface area contributed by atoms with E-state index < -0.39 is 113 Å². The van der Waals surface area contributed by atoms with Crippen LogP contribution in [0.5, 0.6) is 0 Å². The van der Waals surface area contributed by atoms with Crippen molar-refractivity contribution >= 4 is 59.2 Å². The third kappa shape index (κ3) is 53.2. The number of hydrogen-bond acceptors (Lipinski definition) is 14. The Morgan fingerprint density at radius 1 is 0.408 bits per heavy atom. The molecule has 2 fully saturated rings. The average Bonchev–Trinajstić information content (AvgIpc) is 1.53. The zero-order valence-corrected chi connectivity index (χ0v) is 85.8. The van der Waals surface area contributed by atoms with Crippen molar-refractivity contribution in [2.75, 3.05) is 86.5 Å². The second kappa shape index (κ2) is 76.7. The van der Waals surface area contributed by atoms with Crippen LogP contribution >= 0.6 is 0 Å². The normalized spacial score (nSPS) is 17.2. The number of benzene rings is 1. The van der Waals surface area contributed by atoms with E-state index in [2.05, 4.69) is 45.3 Å². The van der Waals surface area contributed by atoms with Crippen LogP contribution in [0.25, 0.3) is 0 Å². The number of esters is 3. The third-order valence-corrected chi connectivity index (χ3v) is 29.2. The molecule has 4 N–H and O–H groups in total. The van der Waals surface area contributed by atoms with E-state index in [9.17, 15) is 29.4 Å². The summed E-state index contributed by atoms with van der Waals surface area (Å²) in [5.74, 6) is -17.5. The lowest BCUT2D eigenvalue weighted by atomic mass is 9.66. The number of unbranched alkanes of at least 4 members (excludes halogenated alkanes) is 52. The van der Waals surface area contributed by atoms with E-state index in [0.717, 1.165) is 134 Å². The molecular weight excluding hydrogens is 1630 g/mol. The fourth-order valence-corrected chi connectivity index (χ4v) is 21.0. The summed E-state index contributed by atoms with van der Waals surface area (Å²) in [5.41, 5.74) is 1.38. The first-order valence-corrected chi connectivity index (χ1v) is 54.8. The molecule has 2 aliphatic heterocycles. The number of likely N-dealkylation sites (tertiary alicyclic amines) is 1. The van der Waals surface area contributed by atoms with Crippen LogP contribution < -0.4 is 15.5 Å². The average molecular weight is 1830 g/mol. The van der Waals surface area contributed by atoms with Crippen molar-refractivity contribution in [3.05, 3.63) is 29.8 Å². The minimum absolute atomic E-state index is 0.0117. The van der Waals surface area contributed by atoms with E-state index in [4.69, 9.17) is 9.47 Å². The largest absolute Gasteiger partial charge is 0.481 e. The maximum atomic E-state index is 16.5. The number of carbonyl (C=O) groups is 9. The summed E-state index contributed by atoms with van der Waals surface area (Å²) >= 11 is 0. The van der Waals surface area contributed by atoms with Crippen LogP contribution in [-0.4, -0.2) is 160 Å². The molecule has 4 amide bonds. The number of nitrogens with zero attached hydrogens (tertiary/aromatic N) is 4. The number of carboxylic acids is 2. The molecule has 0 spiro atoms. The maximum Gasteiger partial charge on any atom is 0.317 e. The Hall–Kier alpha value is -5.43. The van der Waals surface area contributed by atoms with Crippen LogP contribution in [0.4, 0.5) is 5.69 Å². The number of aliphatic carboxylic acids is 2. The molecular formula is C111H200N6O13. The van der Waals surface area contributed by atoms with Gasteiger partial charge in [-0.1, -0.05) is 408 Å². The Morgan fingerprint density at radius 2 is 0.762 bits per heavy atom. The SMILES string of the molecule is CCCCCCCCCCCCCCCCC(C)CC(C(=O)OCCNC(=O)c1ccc(N(C)C)cc1)C(C(=O)O)C(CCCCCCCCCCCCCCCC)CC1C(=O)N(CCCN(C)C)C(=O)C1C(CCCCCCCCCCCCCCCC)CC(C(=O)NCCCN(C)C)C(C(=O)O)C(CCCCCCCCCCCCCCCC)CC1C(=O)OC(=O)C1C. The van der Waals surface area contributed by atoms with Gasteiger partial charge in [0.2, 0.25) is 17.7 Å². The standard InChI is InChI=1S/C111H200N6O13/c1-13-17-21-25-29-33-37-41-45-49-53-57-61-65-71-89(5)85-99(110(127)129-84-80-113-103(118)91-75-77-95(78-76-91)116(11)12)102(108(124)125)94(74-68-64-60-56-52-48-44-40-36-32-28-24-20-16-4)88-98-100(106(121)117(105(98)120)83-70-82-115(9)10)92(72-66-62-58-54-50-46-42-38-34-30-26-22-18-14-2)87-97(104(119)112-79-69-81-114(7)8)101(107(122)123)93(86-96-90(6)109(126)130-111(96)128)73-67-63-59-55-51-47-43-39-35-31-27-23-19-15-3/h75-78,89-90,92-94,96-102H,13-74,79-88H2,1-12H3,(H,112,119)(H,113,118)(H,122,123)(H,124,125). The van der Waals surface area contributed by atoms with Crippen molar-refractivity contribution in [2.24, 2.45) is 71.0 Å². The molecule has 12 unspecified atom stereocenters. The van der Waals surface area contributed by atoms with Gasteiger partial charge in [0.15, 0.2) is 0 Å². The number of amides is 4. The van der Waals surface area contributed by atoms with E-state index in [0.29, 0.717) is 70.0 Å². The quantitative estimate of drug-likeness (QED) is 0.0205. The van der Waals surface area contributed by atoms with Crippen molar-refractivity contribution in [3.8, 4) is 0 Å². The summed E-state index contributed by atoms with van der Waals surface area (Å²) in [6.45, 7) is 14.1. The molecule has 19 nitrogen and oxygen atoms in total. The molecule has 12 atom stereocenters. The first-order valence-electron chi connectivity index (χ1n) is 54.8. The van der Waals surface area contributed by atoms with Crippen LogP contribution in [-0.2, 0) is 47.8 Å². The van der Waals surface area contributed by atoms with Crippen LogP contribution in [0.1, 0.15) is 476 Å². The molecule has 2 aliphatic rings. The van der Waals surface area contributed by atoms with Crippen LogP contribution in [0, 0.1) is 71.0 Å². The summed E-state index contributed by atoms with van der Waals surface area (Å²) in [6, 6.07) is 7.23. The molecule has 752 valence electrons. The highest BCUT2D eigenvalue weighted by Crippen LogP contribution is 2.48. The highest BCUT2D eigenvalue weighted by molar-refractivity contribution is 6.05. The molecule has 0 radical (unpaired) electrons. The summed E-state index contributed by atoms with van der Waals surface area (Å²) < 4.78 is 11.6. The number of imide groups is 1. The van der Waals surface area contributed by atoms with Gasteiger partial charge in [-0.3, -0.25) is 48.1 Å². The molecule has 1 aromatic rings. The van der Waals surface area contributed by atoms with E-state index in [1.807, 2.05) is 69.1 Å². The minimum Gasteiger partial charge on any atom is -0.481 e. The maximum absolute atomic E-state index is 16.5. The number of rotatable bonds is 90. The van der Waals surface area contributed by atoms with Crippen molar-refractivity contribution in [1.82, 2.24) is 25.3 Å². The molecule has 0 bridgehead atoms. The van der Waals surface area contributed by atoms with Gasteiger partial charge in [0.1, 0.15) is 6.61 Å². The van der Waals surface area contributed by atoms with Crippen molar-refractivity contribution in [3.63, 3.8) is 0 Å². The summed E-state index contributed by atoms with van der Waals surface area (Å²) in [6.07, 6.45) is 67.4. The molecule has 1 aromatic carbocycles. The van der Waals surface area contributed by atoms with Gasteiger partial charge in [-0.15, -0.1) is 0 Å². The second-order valence-corrected chi connectivity index (χ2v) is 41.4. The number of anilines is 1. The predicted octanol–water partition coefficient (Wildman–Crippen LogP) is 27.1. The van der Waals surface area contributed by atoms with E-state index in [1.165, 1.54) is 223 Å². The van der Waals surface area contributed by atoms with Gasteiger partial charge in [0, 0.05) is 38.4 Å². The first kappa shape index (κ1) is 119. The van der Waals surface area contributed by atoms with Gasteiger partial charge in [-0.25, -0.2) is 0 Å². The Morgan fingerprint density at radius 3 is 1.12 bits per heavy atom. The zero-order valence-electron chi connectivity index (χ0n) is 85.8. The van der Waals surface area contributed by atoms with E-state index in [-0.39, 0.29) is 63.7 Å². The van der Waals surface area contributed by atoms with Gasteiger partial charge >= 0.3 is 29.8 Å². The third-order valence-electron chi connectivity index (χ3n) is 29.2. The van der Waals surface area contributed by atoms with E-state index in [1.54, 1.807) is 19.1 Å². The summed E-state index contributed by atoms with van der Waals surface area (Å²) in [4.78, 5) is 143. The lowest BCUT2D eigenvalue weighted by Crippen LogP contribution is -2.45. The lowest BCUT2D eigenvalue weighted by Gasteiger charge is -2.37. The molecule has 3 rings (SSSR count). The van der Waals surface area contributed by atoms with Crippen LogP contribution in [0.3, 0.4) is 0 Å². The van der Waals surface area contributed by atoms with Crippen LogP contribution in [0.2, 0.25) is 0 Å². The molecule has 0 saturated carbocycles. The Labute approximate surface area is 795 Å². The lowest BCUT2D eigenvalue weighted by molar-refractivity contribution is -0.161. The molecule has 2 heterocycles. The van der Waals surface area contributed by atoms with Gasteiger partial charge < -0.3 is 45.0 Å². The molecule has 19 heteroatoms. The fourth-order valence-electron chi connectivity index (χ4n) is 21.0. The monoisotopic (exact) mass is 1830 g/mol. The highest BCUT2D eigenvalue weighted by Gasteiger charge is 2.55. The topological polar surface area (TPSA) is 250 Å². The molecule has 2 saturated heterocycles. The van der Waals surface area contributed by atoms with Gasteiger partial charge in [0.05, 0.1) is 53.9 Å². The fraction of sp³-hybridized carbons (Fsp3) is 0.865. The van der Waals surface area contributed by atoms with E-state index >= 15 is 24.0 Å². The summed E-state index contributed by atoms with van der Waals surface area (Å²) in [7, 11) is 11.7. The molecule has 0 aliphatic carbocycles. The Balaban J connectivity index is 2.34. The number of carboxylic acid groups (broad SMARTS) is 2. The molecule has 0 aromatic heterocycles. The van der Waals surface area contributed by atoms with Crippen molar-refractivity contribution in [2.45, 2.75) is 465 Å². The number of carbonyl (C=O) groups excluding carboxylic acids is 7. The number of hydrogen-bond donors (Lipinski definition) is 4. The van der Waals surface area contributed by atoms with Gasteiger partial charge in [-0.2, -0.15) is 0 Å². The van der Waals surface area contributed by atoms with Gasteiger partial charge in [-0.05, 0) is 147 Å². The van der Waals surface area contributed by atoms with Gasteiger partial charge in [0.25, 0.3) is 5.91 Å². The predicted molar refractivity (Wildman–Crippen MR) is 538 cm³/mol. The number of cyclic esters (lactones) is 2. The van der Waals surface area contributed by atoms with Crippen molar-refractivity contribution < 1.29 is 62.8 Å². The van der Waals surface area contributed by atoms with Crippen molar-refractivity contribution in [1.29, 1.82) is 0 Å². The minimum atomic E-state index is -1.38. The number of ether oxygens (including phenoxy) is 2. The highest BCUT2D eigenvalue weighted by atomic mass is 16.6. The van der Waals surface area contributed by atoms with Crippen LogP contribution in [0.15, 0.2) is 24.3 Å². The summed E-state index contributed by atoms with van der Waals surface area (Å²) in [5, 5.41) is 30.7. The Bertz CT molecular complexity index is 3070. The Kier molecular flexibility index (Phi) is 70.1. The zero-order chi connectivity index (χ0) is 95.2. The smallest absolute Gasteiger partial charge is 0.317 e.